The van der Waals surface area contributed by atoms with E-state index in [0.29, 0.717) is 0 Å². The molecule has 0 unspecified atom stereocenters. The molecule has 90 valence electrons. The van der Waals surface area contributed by atoms with Gasteiger partial charge in [-0.3, -0.25) is 4.90 Å². The quantitative estimate of drug-likeness (QED) is 0.474. The van der Waals surface area contributed by atoms with Crippen molar-refractivity contribution in [1.82, 2.24) is 4.90 Å². The van der Waals surface area contributed by atoms with Crippen molar-refractivity contribution >= 4 is 15.9 Å². The fourth-order valence-corrected chi connectivity index (χ4v) is 3.05. The van der Waals surface area contributed by atoms with Crippen LogP contribution in [0.1, 0.15) is 58.3 Å². The van der Waals surface area contributed by atoms with Gasteiger partial charge in [0.05, 0.1) is 0 Å². The van der Waals surface area contributed by atoms with E-state index in [1.54, 1.807) is 0 Å². The van der Waals surface area contributed by atoms with Crippen molar-refractivity contribution in [3.63, 3.8) is 0 Å². The van der Waals surface area contributed by atoms with Crippen LogP contribution in [0.2, 0.25) is 0 Å². The Bertz CT molecular complexity index is 143. The molecular weight excluding hydrogens is 250 g/mol. The van der Waals surface area contributed by atoms with E-state index in [1.807, 2.05) is 0 Å². The molecule has 0 aromatic carbocycles. The molecule has 0 spiro atoms. The van der Waals surface area contributed by atoms with Crippen molar-refractivity contribution in [3.8, 4) is 0 Å². The third kappa shape index (κ3) is 5.35. The molecule has 0 heterocycles. The maximum absolute atomic E-state index is 3.58. The summed E-state index contributed by atoms with van der Waals surface area (Å²) < 4.78 is 0. The summed E-state index contributed by atoms with van der Waals surface area (Å²) >= 11 is 3.58. The predicted molar refractivity (Wildman–Crippen MR) is 71.8 cm³/mol. The predicted octanol–water partition coefficient (Wildman–Crippen LogP) is 4.21. The number of alkyl halides is 1. The van der Waals surface area contributed by atoms with Gasteiger partial charge in [-0.25, -0.2) is 0 Å². The van der Waals surface area contributed by atoms with Gasteiger partial charge in [0.1, 0.15) is 0 Å². The lowest BCUT2D eigenvalue weighted by Crippen LogP contribution is -2.35. The molecule has 0 aliphatic heterocycles. The highest BCUT2D eigenvalue weighted by atomic mass is 79.9. The summed E-state index contributed by atoms with van der Waals surface area (Å²) in [6.07, 6.45) is 11.4. The fourth-order valence-electron chi connectivity index (χ4n) is 2.60. The molecule has 0 atom stereocenters. The summed E-state index contributed by atoms with van der Waals surface area (Å²) in [6, 6.07) is 0.907. The van der Waals surface area contributed by atoms with Gasteiger partial charge in [0, 0.05) is 17.9 Å². The minimum atomic E-state index is 0.907. The Kier molecular flexibility index (Phi) is 7.72. The Hall–Kier alpha value is 0.440. The van der Waals surface area contributed by atoms with Gasteiger partial charge < -0.3 is 0 Å². The molecule has 0 aromatic rings. The molecule has 1 fully saturated rings. The SMILES string of the molecule is CCCCCCN(CCBr)C1CCCC1. The van der Waals surface area contributed by atoms with Gasteiger partial charge in [0.25, 0.3) is 0 Å². The number of unbranched alkanes of at least 4 members (excludes halogenated alkanes) is 3. The maximum Gasteiger partial charge on any atom is 0.0159 e. The second kappa shape index (κ2) is 8.58. The number of rotatable bonds is 8. The zero-order valence-corrected chi connectivity index (χ0v) is 11.8. The first-order chi connectivity index (χ1) is 7.38. The van der Waals surface area contributed by atoms with Gasteiger partial charge >= 0.3 is 0 Å². The Morgan fingerprint density at radius 2 is 1.80 bits per heavy atom. The third-order valence-corrected chi connectivity index (χ3v) is 3.87. The first-order valence-electron chi connectivity index (χ1n) is 6.68. The molecule has 0 aromatic heterocycles. The molecule has 0 bridgehead atoms. The van der Waals surface area contributed by atoms with Crippen LogP contribution in [0.25, 0.3) is 0 Å². The van der Waals surface area contributed by atoms with Crippen molar-refractivity contribution in [2.75, 3.05) is 18.4 Å². The Labute approximate surface area is 104 Å². The van der Waals surface area contributed by atoms with Gasteiger partial charge in [-0.1, -0.05) is 55.0 Å². The van der Waals surface area contributed by atoms with E-state index in [9.17, 15) is 0 Å². The summed E-state index contributed by atoms with van der Waals surface area (Å²) in [7, 11) is 0. The maximum atomic E-state index is 3.58. The second-order valence-electron chi connectivity index (χ2n) is 4.72. The highest BCUT2D eigenvalue weighted by Gasteiger charge is 2.21. The van der Waals surface area contributed by atoms with Crippen LogP contribution >= 0.6 is 15.9 Å². The smallest absolute Gasteiger partial charge is 0.0159 e. The van der Waals surface area contributed by atoms with Crippen molar-refractivity contribution in [1.29, 1.82) is 0 Å². The highest BCUT2D eigenvalue weighted by molar-refractivity contribution is 9.09. The van der Waals surface area contributed by atoms with Crippen LogP contribution in [0.15, 0.2) is 0 Å². The fraction of sp³-hybridized carbons (Fsp3) is 1.00. The van der Waals surface area contributed by atoms with Crippen molar-refractivity contribution in [3.05, 3.63) is 0 Å². The van der Waals surface area contributed by atoms with Crippen molar-refractivity contribution < 1.29 is 0 Å². The van der Waals surface area contributed by atoms with Crippen molar-refractivity contribution in [2.45, 2.75) is 64.3 Å². The summed E-state index contributed by atoms with van der Waals surface area (Å²) in [5.74, 6) is 0. The van der Waals surface area contributed by atoms with Gasteiger partial charge in [-0.05, 0) is 25.8 Å². The summed E-state index contributed by atoms with van der Waals surface area (Å²) in [6.45, 7) is 4.86. The first kappa shape index (κ1) is 13.5. The number of hydrogen-bond acceptors (Lipinski definition) is 1. The molecule has 15 heavy (non-hydrogen) atoms. The monoisotopic (exact) mass is 275 g/mol. The largest absolute Gasteiger partial charge is 0.300 e. The summed E-state index contributed by atoms with van der Waals surface area (Å²) in [5, 5.41) is 1.14. The zero-order valence-electron chi connectivity index (χ0n) is 10.2. The summed E-state index contributed by atoms with van der Waals surface area (Å²) in [5.41, 5.74) is 0. The Morgan fingerprint density at radius 3 is 2.40 bits per heavy atom. The average Bonchev–Trinajstić information content (AvgIpc) is 2.76. The molecule has 2 heteroatoms. The molecule has 0 radical (unpaired) electrons. The molecule has 1 rings (SSSR count). The lowest BCUT2D eigenvalue weighted by Gasteiger charge is -2.28. The minimum Gasteiger partial charge on any atom is -0.300 e. The van der Waals surface area contributed by atoms with E-state index in [0.717, 1.165) is 11.4 Å². The van der Waals surface area contributed by atoms with E-state index in [4.69, 9.17) is 0 Å². The van der Waals surface area contributed by atoms with E-state index >= 15 is 0 Å². The van der Waals surface area contributed by atoms with Gasteiger partial charge in [0.2, 0.25) is 0 Å². The average molecular weight is 276 g/mol. The minimum absolute atomic E-state index is 0.907. The normalized spacial score (nSPS) is 17.8. The Morgan fingerprint density at radius 1 is 1.07 bits per heavy atom. The first-order valence-corrected chi connectivity index (χ1v) is 7.80. The molecule has 0 N–H and O–H groups in total. The molecule has 0 amide bonds. The third-order valence-electron chi connectivity index (χ3n) is 3.51. The van der Waals surface area contributed by atoms with Crippen LogP contribution in [0, 0.1) is 0 Å². The van der Waals surface area contributed by atoms with Crippen LogP contribution in [-0.2, 0) is 0 Å². The topological polar surface area (TPSA) is 3.24 Å². The van der Waals surface area contributed by atoms with E-state index in [-0.39, 0.29) is 0 Å². The van der Waals surface area contributed by atoms with Gasteiger partial charge in [0.15, 0.2) is 0 Å². The highest BCUT2D eigenvalue weighted by Crippen LogP contribution is 2.23. The van der Waals surface area contributed by atoms with Gasteiger partial charge in [-0.2, -0.15) is 0 Å². The van der Waals surface area contributed by atoms with E-state index < -0.39 is 0 Å². The number of halogens is 1. The Balaban J connectivity index is 2.17. The van der Waals surface area contributed by atoms with Crippen molar-refractivity contribution in [2.24, 2.45) is 0 Å². The van der Waals surface area contributed by atoms with Crippen LogP contribution in [-0.4, -0.2) is 29.4 Å². The second-order valence-corrected chi connectivity index (χ2v) is 5.52. The van der Waals surface area contributed by atoms with Crippen LogP contribution in [0.4, 0.5) is 0 Å². The molecular formula is C13H26BrN. The van der Waals surface area contributed by atoms with Gasteiger partial charge in [-0.15, -0.1) is 0 Å². The number of hydrogen-bond donors (Lipinski definition) is 0. The molecule has 1 aliphatic rings. The lowest BCUT2D eigenvalue weighted by molar-refractivity contribution is 0.207. The van der Waals surface area contributed by atoms with Crippen LogP contribution in [0.3, 0.4) is 0 Å². The molecule has 1 saturated carbocycles. The number of nitrogens with zero attached hydrogens (tertiary/aromatic N) is 1. The van der Waals surface area contributed by atoms with Crippen LogP contribution in [0.5, 0.6) is 0 Å². The van der Waals surface area contributed by atoms with Crippen LogP contribution < -0.4 is 0 Å². The standard InChI is InChI=1S/C13H26BrN/c1-2-3-4-7-11-15(12-10-14)13-8-5-6-9-13/h13H,2-12H2,1H3. The van der Waals surface area contributed by atoms with E-state index in [1.165, 1.54) is 64.5 Å². The molecule has 1 nitrogen and oxygen atoms in total. The van der Waals surface area contributed by atoms with E-state index in [2.05, 4.69) is 27.8 Å². The lowest BCUT2D eigenvalue weighted by atomic mass is 10.1. The molecule has 1 aliphatic carbocycles. The zero-order chi connectivity index (χ0) is 10.9. The molecule has 0 saturated heterocycles. The summed E-state index contributed by atoms with van der Waals surface area (Å²) in [4.78, 5) is 2.72.